The molecular formula is C76H149NO5. The first-order valence-corrected chi connectivity index (χ1v) is 37.9. The molecule has 0 aromatic rings. The summed E-state index contributed by atoms with van der Waals surface area (Å²) < 4.78 is 5.50. The molecular weight excluding hydrogens is 1010 g/mol. The summed E-state index contributed by atoms with van der Waals surface area (Å²) in [7, 11) is 0. The maximum absolute atomic E-state index is 12.5. The standard InChI is InChI=1S/C76H149NO5/c1-3-5-7-9-11-13-15-17-19-20-34-37-41-44-48-52-56-60-64-68-74(79)73(72-78)77-75(80)69-65-61-57-53-49-45-42-38-35-32-30-28-26-24-22-21-23-25-27-29-31-33-36-39-43-47-51-55-59-63-67-71-82-76(81)70-66-62-58-54-50-46-40-18-16-14-12-10-8-6-4-2/h23,25,73-74,78-79H,3-22,24,26-72H2,1-2H3,(H,77,80)/b25-23-. The summed E-state index contributed by atoms with van der Waals surface area (Å²) in [5.41, 5.74) is 0. The largest absolute Gasteiger partial charge is 0.466 e. The topological polar surface area (TPSA) is 95.9 Å². The smallest absolute Gasteiger partial charge is 0.305 e. The normalized spacial score (nSPS) is 12.5. The summed E-state index contributed by atoms with van der Waals surface area (Å²) in [6.07, 6.45) is 90.0. The highest BCUT2D eigenvalue weighted by Gasteiger charge is 2.20. The van der Waals surface area contributed by atoms with Gasteiger partial charge in [-0.05, 0) is 51.4 Å². The second-order valence-corrected chi connectivity index (χ2v) is 26.3. The third kappa shape index (κ3) is 67.7. The molecule has 0 aliphatic rings. The molecule has 488 valence electrons. The number of esters is 1. The van der Waals surface area contributed by atoms with Gasteiger partial charge in [-0.2, -0.15) is 0 Å². The Morgan fingerprint density at radius 3 is 0.866 bits per heavy atom. The number of ether oxygens (including phenoxy) is 1. The fourth-order valence-electron chi connectivity index (χ4n) is 12.3. The maximum atomic E-state index is 12.5. The minimum atomic E-state index is -0.663. The first-order valence-electron chi connectivity index (χ1n) is 37.9. The Kier molecular flexibility index (Phi) is 70.8. The molecule has 2 unspecified atom stereocenters. The van der Waals surface area contributed by atoms with E-state index in [-0.39, 0.29) is 18.5 Å². The number of aliphatic hydroxyl groups is 2. The fraction of sp³-hybridized carbons (Fsp3) is 0.947. The second-order valence-electron chi connectivity index (χ2n) is 26.3. The van der Waals surface area contributed by atoms with E-state index in [0.717, 1.165) is 38.5 Å². The average molecular weight is 1160 g/mol. The zero-order valence-electron chi connectivity index (χ0n) is 56.0. The molecule has 0 aliphatic carbocycles. The summed E-state index contributed by atoms with van der Waals surface area (Å²) in [5.74, 6) is -0.00617. The molecule has 0 aliphatic heterocycles. The van der Waals surface area contributed by atoms with Crippen molar-refractivity contribution in [1.82, 2.24) is 5.32 Å². The summed E-state index contributed by atoms with van der Waals surface area (Å²) in [6.45, 7) is 5.01. The third-order valence-electron chi connectivity index (χ3n) is 18.1. The van der Waals surface area contributed by atoms with E-state index in [0.29, 0.717) is 25.9 Å². The van der Waals surface area contributed by atoms with Gasteiger partial charge >= 0.3 is 5.97 Å². The molecule has 0 aromatic heterocycles. The van der Waals surface area contributed by atoms with Crippen LogP contribution in [-0.2, 0) is 14.3 Å². The molecule has 0 bridgehead atoms. The van der Waals surface area contributed by atoms with Crippen LogP contribution in [0.3, 0.4) is 0 Å². The lowest BCUT2D eigenvalue weighted by molar-refractivity contribution is -0.143. The van der Waals surface area contributed by atoms with Crippen molar-refractivity contribution < 1.29 is 24.5 Å². The zero-order valence-corrected chi connectivity index (χ0v) is 56.0. The van der Waals surface area contributed by atoms with Crippen molar-refractivity contribution in [3.8, 4) is 0 Å². The van der Waals surface area contributed by atoms with Gasteiger partial charge in [-0.3, -0.25) is 9.59 Å². The van der Waals surface area contributed by atoms with Crippen molar-refractivity contribution in [3.05, 3.63) is 12.2 Å². The lowest BCUT2D eigenvalue weighted by atomic mass is 10.0. The van der Waals surface area contributed by atoms with Crippen molar-refractivity contribution in [3.63, 3.8) is 0 Å². The first-order chi connectivity index (χ1) is 40.5. The number of carbonyl (C=O) groups excluding carboxylic acids is 2. The Bertz CT molecular complexity index is 1240. The number of allylic oxidation sites excluding steroid dienone is 2. The molecule has 2 atom stereocenters. The highest BCUT2D eigenvalue weighted by Crippen LogP contribution is 2.20. The third-order valence-corrected chi connectivity index (χ3v) is 18.1. The van der Waals surface area contributed by atoms with Gasteiger partial charge < -0.3 is 20.3 Å². The molecule has 0 fully saturated rings. The van der Waals surface area contributed by atoms with E-state index in [4.69, 9.17) is 4.74 Å². The molecule has 0 aromatic carbocycles. The van der Waals surface area contributed by atoms with E-state index in [1.165, 1.54) is 366 Å². The quantitative estimate of drug-likeness (QED) is 0.0320. The number of aliphatic hydroxyl groups excluding tert-OH is 2. The van der Waals surface area contributed by atoms with E-state index < -0.39 is 12.1 Å². The molecule has 0 radical (unpaired) electrons. The summed E-state index contributed by atoms with van der Waals surface area (Å²) in [6, 6.07) is -0.540. The van der Waals surface area contributed by atoms with Gasteiger partial charge in [-0.15, -0.1) is 0 Å². The van der Waals surface area contributed by atoms with Crippen LogP contribution in [0.5, 0.6) is 0 Å². The van der Waals surface area contributed by atoms with E-state index in [1.807, 2.05) is 0 Å². The van der Waals surface area contributed by atoms with Crippen LogP contribution in [0.4, 0.5) is 0 Å². The average Bonchev–Trinajstić information content (AvgIpc) is 3.48. The van der Waals surface area contributed by atoms with Crippen molar-refractivity contribution in [2.75, 3.05) is 13.2 Å². The molecule has 6 heteroatoms. The Hall–Kier alpha value is -1.40. The van der Waals surface area contributed by atoms with Crippen molar-refractivity contribution in [2.24, 2.45) is 0 Å². The van der Waals surface area contributed by atoms with Gasteiger partial charge in [0.1, 0.15) is 0 Å². The van der Waals surface area contributed by atoms with Crippen LogP contribution < -0.4 is 5.32 Å². The van der Waals surface area contributed by atoms with Gasteiger partial charge in [-0.1, -0.05) is 386 Å². The minimum absolute atomic E-state index is 0.0218. The maximum Gasteiger partial charge on any atom is 0.305 e. The molecule has 1 amide bonds. The van der Waals surface area contributed by atoms with Crippen LogP contribution in [0.25, 0.3) is 0 Å². The van der Waals surface area contributed by atoms with Crippen LogP contribution in [0, 0.1) is 0 Å². The monoisotopic (exact) mass is 1160 g/mol. The lowest BCUT2D eigenvalue weighted by Crippen LogP contribution is -2.45. The van der Waals surface area contributed by atoms with E-state index in [2.05, 4.69) is 31.3 Å². The Labute approximate surface area is 514 Å². The lowest BCUT2D eigenvalue weighted by Gasteiger charge is -2.22. The van der Waals surface area contributed by atoms with Gasteiger partial charge in [0.05, 0.1) is 25.4 Å². The predicted octanol–water partition coefficient (Wildman–Crippen LogP) is 24.7. The summed E-state index contributed by atoms with van der Waals surface area (Å²) >= 11 is 0. The summed E-state index contributed by atoms with van der Waals surface area (Å²) in [5, 5.41) is 23.4. The molecule has 0 rings (SSSR count). The molecule has 0 saturated heterocycles. The Morgan fingerprint density at radius 1 is 0.329 bits per heavy atom. The number of hydrogen-bond donors (Lipinski definition) is 3. The number of carbonyl (C=O) groups is 2. The number of rotatable bonds is 72. The van der Waals surface area contributed by atoms with Gasteiger partial charge in [-0.25, -0.2) is 0 Å². The Balaban J connectivity index is 3.35. The zero-order chi connectivity index (χ0) is 59.2. The van der Waals surface area contributed by atoms with E-state index >= 15 is 0 Å². The highest BCUT2D eigenvalue weighted by molar-refractivity contribution is 5.76. The number of unbranched alkanes of at least 4 members (excludes halogenated alkanes) is 59. The van der Waals surface area contributed by atoms with E-state index in [1.54, 1.807) is 0 Å². The van der Waals surface area contributed by atoms with Crippen LogP contribution in [0.15, 0.2) is 12.2 Å². The molecule has 6 nitrogen and oxygen atoms in total. The number of hydrogen-bond acceptors (Lipinski definition) is 5. The van der Waals surface area contributed by atoms with Gasteiger partial charge in [0, 0.05) is 12.8 Å². The van der Waals surface area contributed by atoms with Gasteiger partial charge in [0.25, 0.3) is 0 Å². The highest BCUT2D eigenvalue weighted by atomic mass is 16.5. The number of nitrogens with one attached hydrogen (secondary N) is 1. The van der Waals surface area contributed by atoms with Crippen LogP contribution in [0.1, 0.15) is 438 Å². The van der Waals surface area contributed by atoms with Crippen molar-refractivity contribution in [2.45, 2.75) is 450 Å². The minimum Gasteiger partial charge on any atom is -0.466 e. The molecule has 82 heavy (non-hydrogen) atoms. The molecule has 0 spiro atoms. The van der Waals surface area contributed by atoms with Gasteiger partial charge in [0.15, 0.2) is 0 Å². The van der Waals surface area contributed by atoms with Crippen LogP contribution in [-0.4, -0.2) is 47.4 Å². The predicted molar refractivity (Wildman–Crippen MR) is 361 cm³/mol. The van der Waals surface area contributed by atoms with Gasteiger partial charge in [0.2, 0.25) is 5.91 Å². The van der Waals surface area contributed by atoms with Crippen molar-refractivity contribution >= 4 is 11.9 Å². The molecule has 0 heterocycles. The van der Waals surface area contributed by atoms with Crippen LogP contribution in [0.2, 0.25) is 0 Å². The number of amides is 1. The fourth-order valence-corrected chi connectivity index (χ4v) is 12.3. The summed E-state index contributed by atoms with van der Waals surface area (Å²) in [4.78, 5) is 24.6. The van der Waals surface area contributed by atoms with Crippen LogP contribution >= 0.6 is 0 Å². The SMILES string of the molecule is CCCCCCCCCCCCCCCCCCCCCC(O)C(CO)NC(=O)CCCCCCCCCCCCCCCCC/C=C\CCCCCCCCCCCCCCOC(=O)CCCCCCCCCCCCCCCCC. The molecule has 0 saturated carbocycles. The molecule has 3 N–H and O–H groups in total. The first kappa shape index (κ1) is 80.6. The second kappa shape index (κ2) is 72.1. The van der Waals surface area contributed by atoms with E-state index in [9.17, 15) is 19.8 Å². The Morgan fingerprint density at radius 2 is 0.573 bits per heavy atom. The van der Waals surface area contributed by atoms with Crippen molar-refractivity contribution in [1.29, 1.82) is 0 Å².